The molecule has 4 aliphatic carbocycles. The second kappa shape index (κ2) is 14.2. The summed E-state index contributed by atoms with van der Waals surface area (Å²) >= 11 is 0. The fourth-order valence-corrected chi connectivity index (χ4v) is 10.8. The molecule has 15 heteroatoms. The number of pyridine rings is 1. The number of hydrogen-bond acceptors (Lipinski definition) is 9. The summed E-state index contributed by atoms with van der Waals surface area (Å²) in [5, 5.41) is 6.48. The number of aromatic nitrogens is 1. The van der Waals surface area contributed by atoms with Crippen molar-refractivity contribution in [3.05, 3.63) is 47.4 Å². The second-order valence-electron chi connectivity index (χ2n) is 17.9. The molecule has 13 nitrogen and oxygen atoms in total. The Morgan fingerprint density at radius 3 is 2.54 bits per heavy atom. The number of carbonyl (C=O) groups is 4. The summed E-state index contributed by atoms with van der Waals surface area (Å²) in [6.45, 7) is 1.63. The molecule has 0 radical (unpaired) electrons. The van der Waals surface area contributed by atoms with E-state index in [0.717, 1.165) is 56.9 Å². The van der Waals surface area contributed by atoms with E-state index in [9.17, 15) is 27.6 Å². The lowest BCUT2D eigenvalue weighted by molar-refractivity contribution is -0.141. The molecule has 1 aromatic heterocycles. The predicted octanol–water partition coefficient (Wildman–Crippen LogP) is 5.35. The molecule has 0 bridgehead atoms. The van der Waals surface area contributed by atoms with Crippen LogP contribution >= 0.6 is 0 Å². The number of sulfonamides is 1. The topological polar surface area (TPSA) is 173 Å². The smallest absolute Gasteiger partial charge is 0.408 e. The molecule has 3 aliphatic heterocycles. The van der Waals surface area contributed by atoms with Crippen LogP contribution in [0.3, 0.4) is 0 Å². The summed E-state index contributed by atoms with van der Waals surface area (Å²) in [7, 11) is -4.00. The molecule has 9 rings (SSSR count). The van der Waals surface area contributed by atoms with Crippen LogP contribution in [-0.2, 0) is 35.6 Å². The van der Waals surface area contributed by atoms with E-state index < -0.39 is 73.5 Å². The Bertz CT molecular complexity index is 2150. The van der Waals surface area contributed by atoms with Crippen molar-refractivity contribution in [2.24, 2.45) is 5.92 Å². The lowest BCUT2D eigenvalue weighted by Gasteiger charge is -2.37. The molecule has 57 heavy (non-hydrogen) atoms. The van der Waals surface area contributed by atoms with Gasteiger partial charge in [-0.1, -0.05) is 37.1 Å². The van der Waals surface area contributed by atoms with Crippen molar-refractivity contribution >= 4 is 44.7 Å². The first-order valence-corrected chi connectivity index (χ1v) is 22.4. The maximum absolute atomic E-state index is 15.1. The minimum atomic E-state index is -4.00. The molecule has 7 aliphatic rings. The minimum Gasteiger partial charge on any atom is -0.483 e. The average Bonchev–Trinajstić information content (AvgIpc) is 4.14. The van der Waals surface area contributed by atoms with Gasteiger partial charge in [0.15, 0.2) is 0 Å². The summed E-state index contributed by atoms with van der Waals surface area (Å²) in [5.41, 5.74) is -0.704. The van der Waals surface area contributed by atoms with Crippen LogP contribution in [0.4, 0.5) is 9.18 Å². The van der Waals surface area contributed by atoms with Gasteiger partial charge in [0, 0.05) is 29.2 Å². The molecule has 1 aromatic carbocycles. The largest absolute Gasteiger partial charge is 0.483 e. The molecule has 2 aromatic rings. The normalized spacial score (nSPS) is 31.8. The molecule has 1 spiro atoms. The van der Waals surface area contributed by atoms with Gasteiger partial charge < -0.3 is 25.0 Å². The Morgan fingerprint density at radius 1 is 1.02 bits per heavy atom. The zero-order chi connectivity index (χ0) is 39.7. The summed E-state index contributed by atoms with van der Waals surface area (Å²) < 4.78 is 55.6. The quantitative estimate of drug-likeness (QED) is 0.326. The Kier molecular flexibility index (Phi) is 9.55. The lowest BCUT2D eigenvalue weighted by atomic mass is 9.86. The van der Waals surface area contributed by atoms with Crippen LogP contribution in [-0.4, -0.2) is 82.7 Å². The first-order valence-electron chi connectivity index (χ1n) is 20.9. The van der Waals surface area contributed by atoms with E-state index in [0.29, 0.717) is 67.3 Å². The maximum Gasteiger partial charge on any atom is 0.408 e. The van der Waals surface area contributed by atoms with Crippen LogP contribution in [0.15, 0.2) is 30.4 Å². The number of alkyl carbamates (subject to hydrolysis) is 1. The van der Waals surface area contributed by atoms with Crippen LogP contribution in [0, 0.1) is 11.7 Å². The predicted molar refractivity (Wildman–Crippen MR) is 207 cm³/mol. The molecule has 1 saturated heterocycles. The second-order valence-corrected chi connectivity index (χ2v) is 20.1. The van der Waals surface area contributed by atoms with Crippen molar-refractivity contribution in [1.82, 2.24) is 25.2 Å². The average molecular weight is 806 g/mol. The SMILES string of the molecule is CC1(S(=O)(=O)NC(=O)[C@@]23C[C@H]2/C=C\CCCCC[C@H](NC(=O)OC2CCCC2)C(=O)N2C[C@@]4(CCc5c(c(C6CC6)nc6c(F)cccc56)O4)C[C@H]2C(=O)N3)CC1. The highest BCUT2D eigenvalue weighted by Crippen LogP contribution is 2.52. The number of fused-ring (bicyclic) bond motifs is 5. The molecular formula is C42H52FN5O8S. The molecule has 5 fully saturated rings. The van der Waals surface area contributed by atoms with Gasteiger partial charge in [-0.3, -0.25) is 19.1 Å². The van der Waals surface area contributed by atoms with Crippen LogP contribution < -0.4 is 20.1 Å². The van der Waals surface area contributed by atoms with E-state index in [2.05, 4.69) is 15.4 Å². The number of allylic oxidation sites excluding steroid dienone is 1. The maximum atomic E-state index is 15.1. The van der Waals surface area contributed by atoms with Crippen molar-refractivity contribution < 1.29 is 41.5 Å². The molecule has 306 valence electrons. The third kappa shape index (κ3) is 7.15. The van der Waals surface area contributed by atoms with Crippen molar-refractivity contribution in [3.8, 4) is 5.75 Å². The van der Waals surface area contributed by atoms with Crippen molar-refractivity contribution in [2.45, 2.75) is 156 Å². The van der Waals surface area contributed by atoms with Crippen LogP contribution in [0.25, 0.3) is 10.9 Å². The number of ether oxygens (including phenoxy) is 2. The number of nitrogens with one attached hydrogen (secondary N) is 3. The highest BCUT2D eigenvalue weighted by molar-refractivity contribution is 7.91. The Hall–Kier alpha value is -4.27. The monoisotopic (exact) mass is 805 g/mol. The molecule has 5 atom stereocenters. The summed E-state index contributed by atoms with van der Waals surface area (Å²) in [6, 6.07) is 2.81. The van der Waals surface area contributed by atoms with Gasteiger partial charge >= 0.3 is 6.09 Å². The van der Waals surface area contributed by atoms with Crippen molar-refractivity contribution in [1.29, 1.82) is 0 Å². The standard InChI is InChI=1S/C42H52FN5O8S/c1-40(20-21-40)57(53,54)47-38(51)42-22-26(42)10-5-3-2-4-6-15-31(44-39(52)55-27-11-7-8-12-27)37(50)48-24-41(23-32(48)36(49)46-42)19-18-29-28-13-9-14-30(43)34(28)45-33(25-16-17-25)35(29)56-41/h5,9-10,13-14,25-27,31-32H,2-4,6-8,11-12,15-24H2,1H3,(H,44,52)(H,46,49)(H,47,51)/b10-5-/t26-,31+,32+,41-,42-/m1/s1. The number of aryl methyl sites for hydroxylation is 1. The van der Waals surface area contributed by atoms with E-state index in [-0.39, 0.29) is 31.4 Å². The molecule has 4 amide bonds. The van der Waals surface area contributed by atoms with Crippen LogP contribution in [0.1, 0.15) is 127 Å². The van der Waals surface area contributed by atoms with Gasteiger partial charge in [-0.2, -0.15) is 0 Å². The van der Waals surface area contributed by atoms with Gasteiger partial charge in [0.25, 0.3) is 5.91 Å². The van der Waals surface area contributed by atoms with Gasteiger partial charge in [-0.25, -0.2) is 22.6 Å². The molecule has 3 N–H and O–H groups in total. The highest BCUT2D eigenvalue weighted by atomic mass is 32.2. The van der Waals surface area contributed by atoms with E-state index >= 15 is 4.39 Å². The van der Waals surface area contributed by atoms with E-state index in [1.54, 1.807) is 13.0 Å². The van der Waals surface area contributed by atoms with E-state index in [4.69, 9.17) is 14.5 Å². The lowest BCUT2D eigenvalue weighted by Crippen LogP contribution is -2.58. The van der Waals surface area contributed by atoms with Crippen molar-refractivity contribution in [2.75, 3.05) is 6.54 Å². The van der Waals surface area contributed by atoms with E-state index in [1.165, 1.54) is 11.0 Å². The summed E-state index contributed by atoms with van der Waals surface area (Å²) in [5.74, 6) is -1.98. The number of amides is 4. The van der Waals surface area contributed by atoms with E-state index in [1.807, 2.05) is 18.2 Å². The Labute approximate surface area is 332 Å². The Morgan fingerprint density at radius 2 is 1.79 bits per heavy atom. The highest BCUT2D eigenvalue weighted by Gasteiger charge is 2.64. The molecule has 0 unspecified atom stereocenters. The number of halogens is 1. The number of carbonyl (C=O) groups excluding carboxylic acids is 4. The first-order chi connectivity index (χ1) is 27.3. The molecule has 4 saturated carbocycles. The number of benzene rings is 1. The van der Waals surface area contributed by atoms with Gasteiger partial charge in [-0.05, 0) is 103 Å². The summed E-state index contributed by atoms with van der Waals surface area (Å²) in [4.78, 5) is 63.1. The number of hydrogen-bond donors (Lipinski definition) is 3. The third-order valence-electron chi connectivity index (χ3n) is 13.6. The van der Waals surface area contributed by atoms with Crippen molar-refractivity contribution in [3.63, 3.8) is 0 Å². The zero-order valence-electron chi connectivity index (χ0n) is 32.4. The van der Waals surface area contributed by atoms with Gasteiger partial charge in [0.2, 0.25) is 21.8 Å². The number of nitrogens with zero attached hydrogens (tertiary/aromatic N) is 2. The van der Waals surface area contributed by atoms with Gasteiger partial charge in [-0.15, -0.1) is 0 Å². The van der Waals surface area contributed by atoms with Crippen LogP contribution in [0.2, 0.25) is 0 Å². The summed E-state index contributed by atoms with van der Waals surface area (Å²) in [6.07, 6.45) is 13.6. The number of rotatable bonds is 6. The molecular weight excluding hydrogens is 754 g/mol. The number of para-hydroxylation sites is 1. The zero-order valence-corrected chi connectivity index (χ0v) is 33.3. The van der Waals surface area contributed by atoms with Gasteiger partial charge in [0.1, 0.15) is 46.4 Å². The van der Waals surface area contributed by atoms with Gasteiger partial charge in [0.05, 0.1) is 17.0 Å². The third-order valence-corrected chi connectivity index (χ3v) is 15.8. The fraction of sp³-hybridized carbons (Fsp3) is 0.643. The fourth-order valence-electron chi connectivity index (χ4n) is 9.51. The minimum absolute atomic E-state index is 0.0275. The Balaban J connectivity index is 1.06. The van der Waals surface area contributed by atoms with Crippen LogP contribution in [0.5, 0.6) is 5.75 Å². The molecule has 4 heterocycles. The first kappa shape index (κ1) is 38.3.